The van der Waals surface area contributed by atoms with Crippen molar-refractivity contribution >= 4 is 5.91 Å². The number of aliphatic hydroxyl groups excluding tert-OH is 2. The van der Waals surface area contributed by atoms with Crippen molar-refractivity contribution < 1.29 is 29.2 Å². The summed E-state index contributed by atoms with van der Waals surface area (Å²) < 4.78 is 19.2. The molecule has 239 valence electrons. The smallest absolute Gasteiger partial charge is 0.223 e. The molecule has 2 N–H and O–H groups in total. The number of fused-ring (bicyclic) bond motifs is 4. The molecule has 0 bridgehead atoms. The second-order valence-electron chi connectivity index (χ2n) is 17.1. The Morgan fingerprint density at radius 2 is 1.88 bits per heavy atom. The fourth-order valence-corrected chi connectivity index (χ4v) is 12.6. The molecule has 0 aromatic carbocycles. The van der Waals surface area contributed by atoms with Gasteiger partial charge in [0.2, 0.25) is 5.91 Å². The van der Waals surface area contributed by atoms with Crippen molar-refractivity contribution in [3.05, 3.63) is 18.1 Å². The third kappa shape index (κ3) is 3.87. The van der Waals surface area contributed by atoms with E-state index in [-0.39, 0.29) is 52.5 Å². The molecule has 1 unspecified atom stereocenters. The first-order valence-corrected chi connectivity index (χ1v) is 17.5. The Morgan fingerprint density at radius 1 is 1.09 bits per heavy atom. The van der Waals surface area contributed by atoms with Gasteiger partial charge in [-0.3, -0.25) is 4.79 Å². The van der Waals surface area contributed by atoms with Crippen LogP contribution < -0.4 is 0 Å². The summed E-state index contributed by atoms with van der Waals surface area (Å²) >= 11 is 0. The van der Waals surface area contributed by atoms with E-state index in [1.165, 1.54) is 32.1 Å². The Labute approximate surface area is 258 Å². The Balaban J connectivity index is 1.01. The minimum atomic E-state index is -0.616. The lowest BCUT2D eigenvalue weighted by Crippen LogP contribution is -2.59. The molecule has 2 spiro atoms. The quantitative estimate of drug-likeness (QED) is 0.439. The van der Waals surface area contributed by atoms with Gasteiger partial charge in [-0.05, 0) is 110 Å². The third-order valence-electron chi connectivity index (χ3n) is 15.1. The zero-order valence-corrected chi connectivity index (χ0v) is 27.1. The first kappa shape index (κ1) is 29.7. The van der Waals surface area contributed by atoms with Crippen LogP contribution in [0.2, 0.25) is 0 Å². The summed E-state index contributed by atoms with van der Waals surface area (Å²) in [7, 11) is 0. The topological polar surface area (TPSA) is 88.5 Å². The second kappa shape index (κ2) is 9.65. The standard InChI is InChI=1S/C36H54NO6/c1-21-16-23(19-38)42-30-29(21)33(4)12-13-36-20-35(36)11-10-26(32(2,3)24(35)8-9-25(36)34(33,5)31(30)40)43-28-18-37(14-15-41-28)27(39)17-22-6-7-22/h21-22,24,26,28-29,31,38,40H,6-20H2,1-5H3/t21-,24+,26?,28+,29+,31+,33-,34-,35-,36+/m1/s1. The summed E-state index contributed by atoms with van der Waals surface area (Å²) in [6.45, 7) is 13.7. The summed E-state index contributed by atoms with van der Waals surface area (Å²) in [5.74, 6) is 3.67. The number of hydrogen-bond acceptors (Lipinski definition) is 6. The molecule has 3 radical (unpaired) electrons. The Hall–Kier alpha value is -0.730. The van der Waals surface area contributed by atoms with Crippen LogP contribution in [0.3, 0.4) is 0 Å². The summed E-state index contributed by atoms with van der Waals surface area (Å²) in [5, 5.41) is 22.1. The molecule has 8 rings (SSSR count). The van der Waals surface area contributed by atoms with Gasteiger partial charge >= 0.3 is 0 Å². The van der Waals surface area contributed by atoms with Gasteiger partial charge in [-0.2, -0.15) is 0 Å². The molecular formula is C36H54NO6. The van der Waals surface area contributed by atoms with Crippen molar-refractivity contribution in [1.82, 2.24) is 4.90 Å². The minimum Gasteiger partial charge on any atom is -0.393 e. The van der Waals surface area contributed by atoms with Gasteiger partial charge in [0.25, 0.3) is 0 Å². The minimum absolute atomic E-state index is 0.0121. The van der Waals surface area contributed by atoms with Crippen LogP contribution in [0, 0.1) is 68.9 Å². The van der Waals surface area contributed by atoms with Crippen molar-refractivity contribution in [3.63, 3.8) is 0 Å². The fourth-order valence-electron chi connectivity index (χ4n) is 12.6. The number of hydrogen-bond donors (Lipinski definition) is 2. The highest BCUT2D eigenvalue weighted by molar-refractivity contribution is 5.76. The molecule has 2 aliphatic heterocycles. The maximum atomic E-state index is 12.8. The van der Waals surface area contributed by atoms with E-state index in [9.17, 15) is 15.0 Å². The van der Waals surface area contributed by atoms with E-state index < -0.39 is 6.10 Å². The first-order valence-electron chi connectivity index (χ1n) is 17.5. The normalized spacial score (nSPS) is 51.2. The molecule has 8 fully saturated rings. The van der Waals surface area contributed by atoms with Crippen LogP contribution in [0.1, 0.15) is 105 Å². The number of morpholine rings is 1. The average molecular weight is 597 g/mol. The van der Waals surface area contributed by atoms with Crippen molar-refractivity contribution in [1.29, 1.82) is 0 Å². The SMILES string of the molecule is C[C@@H]1C[C](CO)O[C]2[C@H]1[C@@]1(C)CC[C@@]34C[C@@]35CCC(O[C@H]3CN(C(=O)CC6CC6)CCO3)C(C)(C)[C@@H]5CC[C]4[C@]1(C)[C@H]2O. The maximum Gasteiger partial charge on any atom is 0.223 e. The number of carbonyl (C=O) groups is 1. The van der Waals surface area contributed by atoms with Gasteiger partial charge in [0.1, 0.15) is 12.2 Å². The van der Waals surface area contributed by atoms with E-state index in [2.05, 4.69) is 34.6 Å². The van der Waals surface area contributed by atoms with Gasteiger partial charge in [-0.15, -0.1) is 0 Å². The highest BCUT2D eigenvalue weighted by atomic mass is 16.7. The number of carbonyl (C=O) groups excluding carboxylic acids is 1. The first-order chi connectivity index (χ1) is 20.4. The lowest BCUT2D eigenvalue weighted by Gasteiger charge is -2.63. The average Bonchev–Trinajstić information content (AvgIpc) is 3.90. The monoisotopic (exact) mass is 596 g/mol. The van der Waals surface area contributed by atoms with Crippen LogP contribution in [0.15, 0.2) is 0 Å². The molecule has 7 heteroatoms. The molecule has 8 aliphatic rings. The molecule has 1 amide bonds. The molecule has 10 atom stereocenters. The summed E-state index contributed by atoms with van der Waals surface area (Å²) in [6, 6.07) is 0. The molecular weight excluding hydrogens is 542 g/mol. The van der Waals surface area contributed by atoms with Crippen molar-refractivity contribution in [2.75, 3.05) is 26.3 Å². The molecule has 2 saturated heterocycles. The lowest BCUT2D eigenvalue weighted by atomic mass is 9.41. The van der Waals surface area contributed by atoms with Gasteiger partial charge in [-0.25, -0.2) is 0 Å². The van der Waals surface area contributed by atoms with Crippen LogP contribution >= 0.6 is 0 Å². The predicted octanol–water partition coefficient (Wildman–Crippen LogP) is 5.45. The summed E-state index contributed by atoms with van der Waals surface area (Å²) in [4.78, 5) is 14.8. The second-order valence-corrected chi connectivity index (χ2v) is 17.1. The van der Waals surface area contributed by atoms with Gasteiger partial charge in [-0.1, -0.05) is 34.6 Å². The van der Waals surface area contributed by atoms with Crippen LogP contribution in [0.5, 0.6) is 0 Å². The Kier molecular flexibility index (Phi) is 6.66. The molecule has 0 aromatic heterocycles. The maximum absolute atomic E-state index is 12.8. The predicted molar refractivity (Wildman–Crippen MR) is 160 cm³/mol. The fraction of sp³-hybridized carbons (Fsp3) is 0.889. The zero-order valence-electron chi connectivity index (χ0n) is 27.1. The van der Waals surface area contributed by atoms with Gasteiger partial charge in [0.15, 0.2) is 6.29 Å². The zero-order chi connectivity index (χ0) is 30.2. The molecule has 6 aliphatic carbocycles. The summed E-state index contributed by atoms with van der Waals surface area (Å²) in [6.07, 6.45) is 12.6. The molecule has 43 heavy (non-hydrogen) atoms. The van der Waals surface area contributed by atoms with E-state index in [0.717, 1.165) is 38.2 Å². The summed E-state index contributed by atoms with van der Waals surface area (Å²) in [5.41, 5.74) is 0.180. The lowest BCUT2D eigenvalue weighted by molar-refractivity contribution is -0.242. The Morgan fingerprint density at radius 3 is 2.63 bits per heavy atom. The van der Waals surface area contributed by atoms with E-state index in [4.69, 9.17) is 14.2 Å². The van der Waals surface area contributed by atoms with Gasteiger partial charge in [0.05, 0.1) is 32.0 Å². The van der Waals surface area contributed by atoms with Crippen LogP contribution in [0.25, 0.3) is 0 Å². The van der Waals surface area contributed by atoms with E-state index in [0.29, 0.717) is 55.4 Å². The number of ether oxygens (including phenoxy) is 3. The van der Waals surface area contributed by atoms with Crippen molar-refractivity contribution in [3.8, 4) is 0 Å². The van der Waals surface area contributed by atoms with E-state index in [1.807, 2.05) is 4.90 Å². The highest BCUT2D eigenvalue weighted by Gasteiger charge is 2.85. The molecule has 7 nitrogen and oxygen atoms in total. The number of amides is 1. The van der Waals surface area contributed by atoms with Gasteiger partial charge in [0, 0.05) is 24.3 Å². The number of rotatable bonds is 5. The van der Waals surface area contributed by atoms with Crippen molar-refractivity contribution in [2.24, 2.45) is 50.7 Å². The molecule has 6 saturated carbocycles. The van der Waals surface area contributed by atoms with Crippen LogP contribution in [-0.2, 0) is 19.0 Å². The van der Waals surface area contributed by atoms with Crippen LogP contribution in [0.4, 0.5) is 0 Å². The van der Waals surface area contributed by atoms with Gasteiger partial charge < -0.3 is 29.3 Å². The number of aliphatic hydroxyl groups is 2. The van der Waals surface area contributed by atoms with E-state index >= 15 is 0 Å². The molecule has 2 heterocycles. The highest BCUT2D eigenvalue weighted by Crippen LogP contribution is 2.90. The third-order valence-corrected chi connectivity index (χ3v) is 15.1. The largest absolute Gasteiger partial charge is 0.393 e. The van der Waals surface area contributed by atoms with E-state index in [1.54, 1.807) is 5.92 Å². The number of nitrogens with zero attached hydrogens (tertiary/aromatic N) is 1. The Bertz CT molecular complexity index is 1140. The van der Waals surface area contributed by atoms with Crippen molar-refractivity contribution in [2.45, 2.75) is 124 Å². The van der Waals surface area contributed by atoms with Crippen LogP contribution in [-0.4, -0.2) is 65.8 Å². The molecule has 0 aromatic rings.